The molecule has 4 aromatic carbocycles. The molecule has 0 aliphatic carbocycles. The summed E-state index contributed by atoms with van der Waals surface area (Å²) in [4.78, 5) is 230. The molecular weight excluding hydrogens is 1690 g/mol. The molecule has 1 aliphatic heterocycles. The van der Waals surface area contributed by atoms with E-state index in [1.54, 1.807) is 80.7 Å². The highest BCUT2D eigenvalue weighted by Crippen LogP contribution is 2.47. The number of H-pyrrole nitrogens is 1. The van der Waals surface area contributed by atoms with Crippen molar-refractivity contribution in [2.75, 3.05) is 39.4 Å². The number of hydrogen-bond donors (Lipinski definition) is 24. The molecule has 6 rings (SSSR count). The highest BCUT2D eigenvalue weighted by atomic mass is 33.1. The van der Waals surface area contributed by atoms with Gasteiger partial charge in [-0.2, -0.15) is 0 Å². The van der Waals surface area contributed by atoms with Crippen molar-refractivity contribution in [3.05, 3.63) is 113 Å². The number of aliphatic hydroxyl groups is 3. The molecule has 0 radical (unpaired) electrons. The van der Waals surface area contributed by atoms with Gasteiger partial charge in [-0.25, -0.2) is 4.79 Å². The maximum Gasteiger partial charge on any atom is 0.312 e. The predicted molar refractivity (Wildman–Crippen MR) is 475 cm³/mol. The summed E-state index contributed by atoms with van der Waals surface area (Å²) < 4.78 is 2.64. The van der Waals surface area contributed by atoms with Crippen LogP contribution in [0.4, 0.5) is 4.79 Å². The molecule has 696 valence electrons. The number of carbonyl (C=O) groups excluding carboxylic acids is 16. The smallest absolute Gasteiger partial charge is 0.312 e. The lowest BCUT2D eigenvalue weighted by Crippen LogP contribution is -2.65. The Hall–Kier alpha value is -11.7. The molecule has 5 aromatic rings. The average molecular weight is 1810 g/mol. The van der Waals surface area contributed by atoms with E-state index in [1.807, 2.05) is 31.2 Å². The van der Waals surface area contributed by atoms with Gasteiger partial charge >= 0.3 is 6.03 Å². The van der Waals surface area contributed by atoms with Crippen molar-refractivity contribution in [2.45, 2.75) is 240 Å². The van der Waals surface area contributed by atoms with Gasteiger partial charge in [0.15, 0.2) is 0 Å². The lowest BCUT2D eigenvalue weighted by molar-refractivity contribution is -0.138. The van der Waals surface area contributed by atoms with Crippen molar-refractivity contribution in [1.29, 1.82) is 0 Å². The van der Waals surface area contributed by atoms with Gasteiger partial charge in [0.25, 0.3) is 0 Å². The highest BCUT2D eigenvalue weighted by molar-refractivity contribution is 8.77. The zero-order valence-electron chi connectivity index (χ0n) is 72.7. The molecule has 2 unspecified atom stereocenters. The molecule has 0 bridgehead atoms. The minimum atomic E-state index is -2.05. The number of urea groups is 1. The van der Waals surface area contributed by atoms with Gasteiger partial charge in [-0.15, -0.1) is 0 Å². The normalized spacial score (nSPS) is 20.0. The van der Waals surface area contributed by atoms with Gasteiger partial charge < -0.3 is 129 Å². The Bertz CT molecular complexity index is 4710. The summed E-state index contributed by atoms with van der Waals surface area (Å²) in [5.74, 6) is -14.9. The lowest BCUT2D eigenvalue weighted by Gasteiger charge is -2.41. The van der Waals surface area contributed by atoms with Crippen molar-refractivity contribution in [2.24, 2.45) is 34.4 Å². The zero-order chi connectivity index (χ0) is 94.2. The fourth-order valence-electron chi connectivity index (χ4n) is 14.0. The van der Waals surface area contributed by atoms with Crippen LogP contribution in [0.3, 0.4) is 0 Å². The predicted octanol–water partition coefficient (Wildman–Crippen LogP) is -3.54. The van der Waals surface area contributed by atoms with Crippen molar-refractivity contribution >= 4 is 138 Å². The third kappa shape index (κ3) is 32.6. The number of nitrogens with one attached hydrogen (secondary N) is 15. The number of aryl methyl sites for hydroxylation is 1. The van der Waals surface area contributed by atoms with Gasteiger partial charge in [0, 0.05) is 79.3 Å². The highest BCUT2D eigenvalue weighted by Gasteiger charge is 2.47. The second-order valence-corrected chi connectivity index (χ2v) is 36.0. The molecule has 17 amide bonds. The van der Waals surface area contributed by atoms with E-state index in [0.29, 0.717) is 38.7 Å². The van der Waals surface area contributed by atoms with Crippen LogP contribution in [0.1, 0.15) is 142 Å². The maximum atomic E-state index is 16.3. The average Bonchev–Trinajstić information content (AvgIpc) is 1.62. The van der Waals surface area contributed by atoms with E-state index in [0.717, 1.165) is 46.4 Å². The van der Waals surface area contributed by atoms with Crippen LogP contribution in [0.15, 0.2) is 91.1 Å². The number of aromatic amines is 1. The second-order valence-electron chi connectivity index (χ2n) is 32.6. The molecule has 1 saturated heterocycles. The van der Waals surface area contributed by atoms with E-state index in [9.17, 15) is 63.3 Å². The molecule has 1 aromatic heterocycles. The number of aliphatic hydroxyl groups excluding tert-OH is 3. The van der Waals surface area contributed by atoms with Gasteiger partial charge in [0.1, 0.15) is 78.5 Å². The van der Waals surface area contributed by atoms with Crippen molar-refractivity contribution < 1.29 is 96.8 Å². The molecule has 30 N–H and O–H groups in total. The lowest BCUT2D eigenvalue weighted by atomic mass is 9.91. The number of rotatable bonds is 42. The third-order valence-electron chi connectivity index (χ3n) is 21.1. The van der Waals surface area contributed by atoms with Crippen molar-refractivity contribution in [1.82, 2.24) is 79.4 Å². The summed E-state index contributed by atoms with van der Waals surface area (Å²) in [6, 6.07) is 4.17. The van der Waals surface area contributed by atoms with Crippen molar-refractivity contribution in [3.63, 3.8) is 0 Å². The van der Waals surface area contributed by atoms with Crippen LogP contribution in [0.2, 0.25) is 0 Å². The Morgan fingerprint density at radius 1 is 0.606 bits per heavy atom. The summed E-state index contributed by atoms with van der Waals surface area (Å²) >= 11 is 0. The first-order valence-electron chi connectivity index (χ1n) is 41.6. The minimum Gasteiger partial charge on any atom is -0.492 e. The molecule has 127 heavy (non-hydrogen) atoms. The van der Waals surface area contributed by atoms with E-state index in [4.69, 9.17) is 39.1 Å². The number of ether oxygens (including phenoxy) is 1. The molecule has 1 aliphatic rings. The van der Waals surface area contributed by atoms with Gasteiger partial charge in [-0.3, -0.25) is 77.2 Å². The van der Waals surface area contributed by atoms with Crippen molar-refractivity contribution in [3.8, 4) is 5.75 Å². The van der Waals surface area contributed by atoms with Gasteiger partial charge in [0.05, 0.1) is 37.6 Å². The monoisotopic (exact) mass is 1810 g/mol. The number of fused-ring (bicyclic) bond motifs is 2. The minimum absolute atomic E-state index is 0.0944. The quantitative estimate of drug-likeness (QED) is 0.0133. The summed E-state index contributed by atoms with van der Waals surface area (Å²) in [6.07, 6.45) is -4.93. The van der Waals surface area contributed by atoms with Crippen LogP contribution in [0.5, 0.6) is 5.75 Å². The van der Waals surface area contributed by atoms with Gasteiger partial charge in [-0.05, 0) is 152 Å². The topological polar surface area (TPSA) is 683 Å². The molecule has 14 atom stereocenters. The summed E-state index contributed by atoms with van der Waals surface area (Å²) in [6.45, 7) is 12.2. The molecule has 0 spiro atoms. The Morgan fingerprint density at radius 2 is 1.21 bits per heavy atom. The van der Waals surface area contributed by atoms with Crippen LogP contribution in [-0.4, -0.2) is 248 Å². The number of hydrogen-bond acceptors (Lipinski definition) is 25. The fourth-order valence-corrected chi connectivity index (χ4v) is 16.9. The second kappa shape index (κ2) is 49.4. The number of primary amides is 4. The summed E-state index contributed by atoms with van der Waals surface area (Å²) in [7, 11) is 1.86. The van der Waals surface area contributed by atoms with E-state index in [-0.39, 0.29) is 103 Å². The third-order valence-corrected chi connectivity index (χ3v) is 25.3. The van der Waals surface area contributed by atoms with Gasteiger partial charge in [-0.1, -0.05) is 94.4 Å². The maximum absolute atomic E-state index is 16.3. The number of unbranched alkanes of at least 4 members (excludes halogenated alkanes) is 2. The molecule has 41 nitrogen and oxygen atoms in total. The van der Waals surface area contributed by atoms with Crippen LogP contribution in [0, 0.1) is 6.92 Å². The van der Waals surface area contributed by atoms with Crippen LogP contribution >= 0.6 is 21.6 Å². The largest absolute Gasteiger partial charge is 0.492 e. The Labute approximate surface area is 742 Å². The fraction of sp³-hybridized carbons (Fsp3) is 0.524. The zero-order valence-corrected chi connectivity index (χ0v) is 74.3. The first-order chi connectivity index (χ1) is 59.9. The SMILES string of the molecule is CC(=O)NCCCC[C@H](NC(=O)[C@](C)(CCCCN)NC(=O)[C@H](Cc1ccc2ccccc2c1)NC(=O)[C@H](Cc1ccc(OCCN)cc1)NC(=O)[C@H]1NC(=O)[C@H](CCCNC(N)=O)NC(=O)[C@H](Cc2c[nH]c3c(C)cccc23)NC(=O)[C@H]([C@@H](C)O)NC(=O)[C@H](CC(N)=O)NC(O)[C@@H](NC(C)=O)C(C)(C)SSC1(C)C)C(=O)N[C@@H](CC(N)=O)C(=O)NC(CO)C(N)=O. The summed E-state index contributed by atoms with van der Waals surface area (Å²) in [5, 5.41) is 72.2. The van der Waals surface area contributed by atoms with E-state index >= 15 is 28.8 Å². The van der Waals surface area contributed by atoms with E-state index in [1.165, 1.54) is 27.7 Å². The van der Waals surface area contributed by atoms with Crippen LogP contribution in [0.25, 0.3) is 21.7 Å². The number of nitrogens with two attached hydrogens (primary N) is 6. The van der Waals surface area contributed by atoms with Crippen LogP contribution in [-0.2, 0) is 91.2 Å². The first kappa shape index (κ1) is 104. The first-order valence-corrected chi connectivity index (χ1v) is 43.8. The number of amides is 17. The Morgan fingerprint density at radius 3 is 1.84 bits per heavy atom. The van der Waals surface area contributed by atoms with Crippen LogP contribution < -0.4 is 114 Å². The number of aromatic nitrogens is 1. The Balaban J connectivity index is 1.54. The molecular formula is C84H123N21O20S2. The summed E-state index contributed by atoms with van der Waals surface area (Å²) in [5.41, 5.74) is 34.5. The number of para-hydroxylation sites is 1. The molecule has 1 fully saturated rings. The molecule has 0 saturated carbocycles. The standard InChI is InChI=1S/C84H123N21O20S2/c1-44-18-16-21-54-52(42-93-65(44)54)39-59-73(116)95-55(23-17-34-92-81(90)124)71(114)104-68(83(7,8)127-126-82(5,6)67(94-47(4)109)78(121)100-61(41-64(88)111)75(118)103-66(45(2)107)77(120)98-59)79(122)99-57(37-48-25-28-53(29-26-48)125-35-32-86)72(115)96-58(38-49-24-27-50-19-10-11-20-51(50)36-49)76(119)105-84(9,30-13-14-31-85)80(123)102-56(22-12-15-33-91-46(3)108)70(113)97-60(40-63(87)110)74(117)101-62(43-106)69(89)112/h10-11,16,18-21,24-29,36,42,45,55-62,66-68,78,93,100,106-107,121H,12-15,17,22-23,30-35,37-41,43,85-86H2,1-9H3,(H2,87,110)(H2,88,111)(H2,89,112)(H,91,108)(H,94,109)(H,95,116)(H,96,115)(H,97,113)(H,98,120)(H,99,122)(H,101,117)(H,102,123)(H,103,118)(H,104,114)(H,105,119)(H3,90,92,124)/t45-,55+,56+,57+,58+,59+,60+,61+,62?,66+,67-,68-,78?,84+/m1/s1. The van der Waals surface area contributed by atoms with E-state index in [2.05, 4.69) is 79.4 Å². The number of benzene rings is 4. The molecule has 43 heteroatoms. The Kier molecular flexibility index (Phi) is 40.5. The van der Waals surface area contributed by atoms with E-state index < -0.39 is 208 Å². The number of carbonyl (C=O) groups is 16. The van der Waals surface area contributed by atoms with Gasteiger partial charge in [0.2, 0.25) is 88.6 Å². The molecule has 2 heterocycles.